The fourth-order valence-electron chi connectivity index (χ4n) is 3.48. The summed E-state index contributed by atoms with van der Waals surface area (Å²) in [5.41, 5.74) is -0.666. The number of halogens is 2. The molecule has 2 heterocycles. The average molecular weight is 400 g/mol. The molecule has 0 atom stereocenters. The SMILES string of the molecule is COc1cc(CN2CCC3(CC2)NC(=O)N(CC(=O)O)C3=O)c(F)cc1Cl. The number of nitrogens with zero attached hydrogens (tertiary/aromatic N) is 2. The third-order valence-electron chi connectivity index (χ3n) is 4.96. The standard InChI is InChI=1S/C17H19ClFN3O5/c1-27-13-6-10(12(19)7-11(13)18)8-21-4-2-17(3-5-21)15(25)22(9-14(23)24)16(26)20-17/h6-7H,2-5,8-9H2,1H3,(H,20,26)(H,23,24). The van der Waals surface area contributed by atoms with E-state index in [1.807, 2.05) is 4.90 Å². The molecule has 146 valence electrons. The summed E-state index contributed by atoms with van der Waals surface area (Å²) < 4.78 is 19.3. The first kappa shape index (κ1) is 19.4. The first-order chi connectivity index (χ1) is 12.8. The molecule has 0 unspecified atom stereocenters. The fraction of sp³-hybridized carbons (Fsp3) is 0.471. The largest absolute Gasteiger partial charge is 0.495 e. The van der Waals surface area contributed by atoms with Gasteiger partial charge in [0.05, 0.1) is 12.1 Å². The second-order valence-corrected chi connectivity index (χ2v) is 7.06. The Kier molecular flexibility index (Phi) is 5.25. The second-order valence-electron chi connectivity index (χ2n) is 6.65. The van der Waals surface area contributed by atoms with Gasteiger partial charge in [-0.05, 0) is 25.0 Å². The number of nitrogens with one attached hydrogen (secondary N) is 1. The normalized spacial score (nSPS) is 19.4. The molecule has 3 amide bonds. The number of rotatable bonds is 5. The summed E-state index contributed by atoms with van der Waals surface area (Å²) in [4.78, 5) is 38.0. The molecular weight excluding hydrogens is 381 g/mol. The third kappa shape index (κ3) is 3.70. The molecule has 2 aliphatic heterocycles. The highest BCUT2D eigenvalue weighted by Gasteiger charge is 2.52. The maximum Gasteiger partial charge on any atom is 0.325 e. The molecular formula is C17H19ClFN3O5. The van der Waals surface area contributed by atoms with E-state index >= 15 is 0 Å². The molecule has 0 saturated carbocycles. The summed E-state index contributed by atoms with van der Waals surface area (Å²) in [7, 11) is 1.45. The summed E-state index contributed by atoms with van der Waals surface area (Å²) >= 11 is 5.90. The summed E-state index contributed by atoms with van der Waals surface area (Å²) in [6, 6.07) is 2.05. The van der Waals surface area contributed by atoms with Crippen LogP contribution in [-0.2, 0) is 16.1 Å². The predicted octanol–water partition coefficient (Wildman–Crippen LogP) is 1.46. The van der Waals surface area contributed by atoms with Crippen molar-refractivity contribution in [2.45, 2.75) is 24.9 Å². The van der Waals surface area contributed by atoms with Crippen LogP contribution >= 0.6 is 11.6 Å². The van der Waals surface area contributed by atoms with Crippen molar-refractivity contribution in [3.63, 3.8) is 0 Å². The van der Waals surface area contributed by atoms with Crippen LogP contribution in [0.5, 0.6) is 5.75 Å². The Morgan fingerprint density at radius 2 is 2.04 bits per heavy atom. The molecule has 2 aliphatic rings. The van der Waals surface area contributed by atoms with Crippen molar-refractivity contribution in [3.8, 4) is 5.75 Å². The Labute approximate surface area is 159 Å². The predicted molar refractivity (Wildman–Crippen MR) is 93.1 cm³/mol. The van der Waals surface area contributed by atoms with Gasteiger partial charge in [-0.25, -0.2) is 9.18 Å². The van der Waals surface area contributed by atoms with E-state index in [9.17, 15) is 18.8 Å². The van der Waals surface area contributed by atoms with Crippen LogP contribution in [0.15, 0.2) is 12.1 Å². The van der Waals surface area contributed by atoms with Gasteiger partial charge in [-0.1, -0.05) is 11.6 Å². The van der Waals surface area contributed by atoms with Crippen molar-refractivity contribution >= 4 is 29.5 Å². The quantitative estimate of drug-likeness (QED) is 0.727. The van der Waals surface area contributed by atoms with Crippen molar-refractivity contribution < 1.29 is 28.6 Å². The first-order valence-corrected chi connectivity index (χ1v) is 8.74. The van der Waals surface area contributed by atoms with Gasteiger partial charge in [0.25, 0.3) is 5.91 Å². The number of imide groups is 1. The number of hydrogen-bond donors (Lipinski definition) is 2. The Bertz CT molecular complexity index is 795. The van der Waals surface area contributed by atoms with E-state index in [2.05, 4.69) is 5.32 Å². The first-order valence-electron chi connectivity index (χ1n) is 8.36. The number of hydrogen-bond acceptors (Lipinski definition) is 5. The highest BCUT2D eigenvalue weighted by Crippen LogP contribution is 2.32. The Morgan fingerprint density at radius 3 is 2.63 bits per heavy atom. The third-order valence-corrected chi connectivity index (χ3v) is 5.26. The van der Waals surface area contributed by atoms with E-state index in [-0.39, 0.29) is 5.02 Å². The number of carbonyl (C=O) groups is 3. The number of carbonyl (C=O) groups excluding carboxylic acids is 2. The molecule has 1 aromatic rings. The molecule has 0 bridgehead atoms. The lowest BCUT2D eigenvalue weighted by Crippen LogP contribution is -2.54. The number of piperidine rings is 1. The number of amides is 3. The van der Waals surface area contributed by atoms with E-state index in [1.54, 1.807) is 6.07 Å². The average Bonchev–Trinajstić information content (AvgIpc) is 2.83. The maximum absolute atomic E-state index is 14.2. The number of benzene rings is 1. The maximum atomic E-state index is 14.2. The van der Waals surface area contributed by atoms with E-state index in [0.29, 0.717) is 43.8 Å². The van der Waals surface area contributed by atoms with Gasteiger partial charge in [0, 0.05) is 25.2 Å². The van der Waals surface area contributed by atoms with Crippen LogP contribution in [0.1, 0.15) is 18.4 Å². The van der Waals surface area contributed by atoms with Gasteiger partial charge in [-0.3, -0.25) is 19.4 Å². The summed E-state index contributed by atoms with van der Waals surface area (Å²) in [6.07, 6.45) is 0.639. The molecule has 8 nitrogen and oxygen atoms in total. The zero-order chi connectivity index (χ0) is 19.8. The van der Waals surface area contributed by atoms with Crippen LogP contribution in [0.2, 0.25) is 5.02 Å². The van der Waals surface area contributed by atoms with Gasteiger partial charge >= 0.3 is 12.0 Å². The van der Waals surface area contributed by atoms with Crippen LogP contribution in [-0.4, -0.2) is 65.1 Å². The van der Waals surface area contributed by atoms with Crippen LogP contribution in [0, 0.1) is 5.82 Å². The van der Waals surface area contributed by atoms with E-state index < -0.39 is 35.8 Å². The van der Waals surface area contributed by atoms with Crippen molar-refractivity contribution in [2.75, 3.05) is 26.7 Å². The number of likely N-dealkylation sites (tertiary alicyclic amines) is 1. The summed E-state index contributed by atoms with van der Waals surface area (Å²) in [6.45, 7) is 0.525. The minimum Gasteiger partial charge on any atom is -0.495 e. The van der Waals surface area contributed by atoms with Crippen molar-refractivity contribution in [2.24, 2.45) is 0 Å². The van der Waals surface area contributed by atoms with Gasteiger partial charge in [0.1, 0.15) is 23.7 Å². The lowest BCUT2D eigenvalue weighted by atomic mass is 9.87. The number of methoxy groups -OCH3 is 1. The lowest BCUT2D eigenvalue weighted by Gasteiger charge is -2.37. The van der Waals surface area contributed by atoms with Crippen LogP contribution in [0.3, 0.4) is 0 Å². The summed E-state index contributed by atoms with van der Waals surface area (Å²) in [5, 5.41) is 11.7. The van der Waals surface area contributed by atoms with Crippen LogP contribution < -0.4 is 10.1 Å². The molecule has 27 heavy (non-hydrogen) atoms. The van der Waals surface area contributed by atoms with Gasteiger partial charge in [-0.15, -0.1) is 0 Å². The topological polar surface area (TPSA) is 99.2 Å². The van der Waals surface area contributed by atoms with Crippen LogP contribution in [0.4, 0.5) is 9.18 Å². The van der Waals surface area contributed by atoms with Crippen molar-refractivity contribution in [1.29, 1.82) is 0 Å². The van der Waals surface area contributed by atoms with E-state index in [4.69, 9.17) is 21.4 Å². The smallest absolute Gasteiger partial charge is 0.325 e. The molecule has 0 radical (unpaired) electrons. The lowest BCUT2D eigenvalue weighted by molar-refractivity contribution is -0.143. The fourth-order valence-corrected chi connectivity index (χ4v) is 3.70. The van der Waals surface area contributed by atoms with E-state index in [1.165, 1.54) is 13.2 Å². The number of urea groups is 1. The zero-order valence-electron chi connectivity index (χ0n) is 14.6. The molecule has 0 aliphatic carbocycles. The number of carboxylic acid groups (broad SMARTS) is 1. The molecule has 10 heteroatoms. The highest BCUT2D eigenvalue weighted by atomic mass is 35.5. The highest BCUT2D eigenvalue weighted by molar-refractivity contribution is 6.32. The molecule has 2 saturated heterocycles. The molecule has 0 aromatic heterocycles. The number of aliphatic carboxylic acids is 1. The minimum absolute atomic E-state index is 0.189. The molecule has 1 spiro atoms. The van der Waals surface area contributed by atoms with Gasteiger partial charge in [0.2, 0.25) is 0 Å². The van der Waals surface area contributed by atoms with Crippen LogP contribution in [0.25, 0.3) is 0 Å². The molecule has 1 aromatic carbocycles. The Balaban J connectivity index is 1.67. The zero-order valence-corrected chi connectivity index (χ0v) is 15.4. The molecule has 2 N–H and O–H groups in total. The van der Waals surface area contributed by atoms with Gasteiger partial charge in [0.15, 0.2) is 0 Å². The Morgan fingerprint density at radius 1 is 1.37 bits per heavy atom. The van der Waals surface area contributed by atoms with Gasteiger partial charge in [-0.2, -0.15) is 0 Å². The van der Waals surface area contributed by atoms with Crippen molar-refractivity contribution in [1.82, 2.24) is 15.1 Å². The number of ether oxygens (including phenoxy) is 1. The van der Waals surface area contributed by atoms with Crippen molar-refractivity contribution in [3.05, 3.63) is 28.5 Å². The Hall–Kier alpha value is -2.39. The monoisotopic (exact) mass is 399 g/mol. The molecule has 2 fully saturated rings. The van der Waals surface area contributed by atoms with E-state index in [0.717, 1.165) is 4.90 Å². The molecule has 3 rings (SSSR count). The van der Waals surface area contributed by atoms with Gasteiger partial charge < -0.3 is 15.2 Å². The second kappa shape index (κ2) is 7.32. The minimum atomic E-state index is -1.25. The number of carboxylic acids is 1. The summed E-state index contributed by atoms with van der Waals surface area (Å²) in [5.74, 6) is -1.84.